The van der Waals surface area contributed by atoms with Crippen molar-refractivity contribution >= 4 is 11.8 Å². The van der Waals surface area contributed by atoms with Crippen molar-refractivity contribution in [3.63, 3.8) is 0 Å². The molecule has 2 amide bonds. The first-order valence-electron chi connectivity index (χ1n) is 6.48. The summed E-state index contributed by atoms with van der Waals surface area (Å²) >= 11 is 0. The summed E-state index contributed by atoms with van der Waals surface area (Å²) in [5.74, 6) is -2.12. The second-order valence-electron chi connectivity index (χ2n) is 4.31. The molecule has 0 aliphatic rings. The van der Waals surface area contributed by atoms with Crippen molar-refractivity contribution in [1.29, 1.82) is 10.5 Å². The average molecular weight is 282 g/mol. The van der Waals surface area contributed by atoms with E-state index in [-0.39, 0.29) is 12.8 Å². The largest absolute Gasteiger partial charge is 0.349 e. The molecule has 2 N–H and O–H groups in total. The Morgan fingerprint density at radius 1 is 1.00 bits per heavy atom. The molecule has 0 saturated carbocycles. The number of nitriles is 2. The van der Waals surface area contributed by atoms with Crippen LogP contribution in [0, 0.1) is 22.7 Å². The third-order valence-electron chi connectivity index (χ3n) is 2.81. The number of hydrogen-bond donors (Lipinski definition) is 2. The van der Waals surface area contributed by atoms with Crippen LogP contribution in [0.3, 0.4) is 0 Å². The summed E-state index contributed by atoms with van der Waals surface area (Å²) in [6.07, 6.45) is -1.28. The standard InChI is InChI=1S/C13H19FN4O2/c1-3-9(5-7-15)17-12(19)11(14)13(20)18-10(4-2)6-8-16/h9-11H,3-6H2,1-2H3,(H,17,19)(H,18,20)/t9-,10-/m1/s1. The average Bonchev–Trinajstić information content (AvgIpc) is 2.44. The molecule has 20 heavy (non-hydrogen) atoms. The highest BCUT2D eigenvalue weighted by atomic mass is 19.1. The summed E-state index contributed by atoms with van der Waals surface area (Å²) in [6.45, 7) is 3.49. The monoisotopic (exact) mass is 282 g/mol. The lowest BCUT2D eigenvalue weighted by Gasteiger charge is -2.18. The highest BCUT2D eigenvalue weighted by Crippen LogP contribution is 2.02. The van der Waals surface area contributed by atoms with Crippen molar-refractivity contribution in [2.24, 2.45) is 0 Å². The lowest BCUT2D eigenvalue weighted by atomic mass is 10.1. The summed E-state index contributed by atoms with van der Waals surface area (Å²) in [7, 11) is 0. The summed E-state index contributed by atoms with van der Waals surface area (Å²) in [5, 5.41) is 21.7. The number of halogens is 1. The van der Waals surface area contributed by atoms with Crippen molar-refractivity contribution in [3.8, 4) is 12.1 Å². The molecule has 0 unspecified atom stereocenters. The van der Waals surface area contributed by atoms with Gasteiger partial charge in [-0.2, -0.15) is 10.5 Å². The molecule has 0 bridgehead atoms. The number of nitrogens with zero attached hydrogens (tertiary/aromatic N) is 2. The molecule has 0 aromatic rings. The lowest BCUT2D eigenvalue weighted by molar-refractivity contribution is -0.137. The zero-order chi connectivity index (χ0) is 15.5. The van der Waals surface area contributed by atoms with Crippen LogP contribution in [0.5, 0.6) is 0 Å². The van der Waals surface area contributed by atoms with Crippen LogP contribution in [0.15, 0.2) is 0 Å². The van der Waals surface area contributed by atoms with Crippen LogP contribution in [0.4, 0.5) is 4.39 Å². The van der Waals surface area contributed by atoms with Gasteiger partial charge in [-0.15, -0.1) is 0 Å². The molecule has 0 rings (SSSR count). The molecule has 2 atom stereocenters. The van der Waals surface area contributed by atoms with Gasteiger partial charge in [-0.25, -0.2) is 4.39 Å². The Morgan fingerprint density at radius 3 is 1.60 bits per heavy atom. The van der Waals surface area contributed by atoms with Gasteiger partial charge in [0, 0.05) is 12.1 Å². The van der Waals surface area contributed by atoms with Crippen LogP contribution in [-0.4, -0.2) is 30.1 Å². The van der Waals surface area contributed by atoms with E-state index < -0.39 is 30.1 Å². The predicted octanol–water partition coefficient (Wildman–Crippen LogP) is 0.941. The van der Waals surface area contributed by atoms with Gasteiger partial charge in [-0.1, -0.05) is 13.8 Å². The highest BCUT2D eigenvalue weighted by Gasteiger charge is 2.28. The second kappa shape index (κ2) is 9.74. The van der Waals surface area contributed by atoms with E-state index in [4.69, 9.17) is 10.5 Å². The number of alkyl halides is 1. The number of rotatable bonds is 8. The molecular weight excluding hydrogens is 263 g/mol. The van der Waals surface area contributed by atoms with E-state index in [9.17, 15) is 14.0 Å². The van der Waals surface area contributed by atoms with E-state index in [0.717, 1.165) is 0 Å². The Morgan fingerprint density at radius 2 is 1.35 bits per heavy atom. The maximum Gasteiger partial charge on any atom is 0.264 e. The molecule has 0 fully saturated rings. The Balaban J connectivity index is 4.46. The van der Waals surface area contributed by atoms with Crippen LogP contribution in [0.2, 0.25) is 0 Å². The zero-order valence-corrected chi connectivity index (χ0v) is 11.6. The fraction of sp³-hybridized carbons (Fsp3) is 0.692. The number of carbonyl (C=O) groups excluding carboxylic acids is 2. The van der Waals surface area contributed by atoms with Gasteiger partial charge in [-0.05, 0) is 12.8 Å². The fourth-order valence-corrected chi connectivity index (χ4v) is 1.48. The van der Waals surface area contributed by atoms with Crippen molar-refractivity contribution in [1.82, 2.24) is 10.6 Å². The maximum atomic E-state index is 13.7. The number of carbonyl (C=O) groups is 2. The summed E-state index contributed by atoms with van der Waals surface area (Å²) in [4.78, 5) is 23.1. The molecule has 7 heteroatoms. The van der Waals surface area contributed by atoms with Gasteiger partial charge in [-0.3, -0.25) is 9.59 Å². The van der Waals surface area contributed by atoms with Crippen molar-refractivity contribution in [3.05, 3.63) is 0 Å². The highest BCUT2D eigenvalue weighted by molar-refractivity contribution is 6.03. The van der Waals surface area contributed by atoms with Crippen LogP contribution < -0.4 is 10.6 Å². The Labute approximate surface area is 117 Å². The molecule has 6 nitrogen and oxygen atoms in total. The molecule has 0 heterocycles. The van der Waals surface area contributed by atoms with E-state index in [1.165, 1.54) is 0 Å². The van der Waals surface area contributed by atoms with E-state index in [1.54, 1.807) is 13.8 Å². The number of hydrogen-bond acceptors (Lipinski definition) is 4. The van der Waals surface area contributed by atoms with Crippen LogP contribution in [0.25, 0.3) is 0 Å². The molecular formula is C13H19FN4O2. The predicted molar refractivity (Wildman–Crippen MR) is 69.8 cm³/mol. The minimum absolute atomic E-state index is 0.0581. The molecule has 110 valence electrons. The molecule has 0 saturated heterocycles. The Bertz CT molecular complexity index is 376. The van der Waals surface area contributed by atoms with Gasteiger partial charge in [0.05, 0.1) is 25.0 Å². The van der Waals surface area contributed by atoms with Gasteiger partial charge in [0.25, 0.3) is 18.0 Å². The minimum Gasteiger partial charge on any atom is -0.349 e. The van der Waals surface area contributed by atoms with Crippen molar-refractivity contribution in [2.45, 2.75) is 57.8 Å². The molecule has 0 aliphatic heterocycles. The van der Waals surface area contributed by atoms with Gasteiger partial charge in [0.2, 0.25) is 0 Å². The third kappa shape index (κ3) is 6.14. The van der Waals surface area contributed by atoms with Crippen LogP contribution in [0.1, 0.15) is 39.5 Å². The van der Waals surface area contributed by atoms with Gasteiger partial charge >= 0.3 is 0 Å². The van der Waals surface area contributed by atoms with Crippen LogP contribution >= 0.6 is 0 Å². The molecule has 0 radical (unpaired) electrons. The second-order valence-corrected chi connectivity index (χ2v) is 4.31. The van der Waals surface area contributed by atoms with Crippen molar-refractivity contribution < 1.29 is 14.0 Å². The minimum atomic E-state index is -2.34. The van der Waals surface area contributed by atoms with Gasteiger partial charge in [0.15, 0.2) is 0 Å². The first kappa shape index (κ1) is 17.8. The Kier molecular flexibility index (Phi) is 8.69. The zero-order valence-electron chi connectivity index (χ0n) is 11.6. The van der Waals surface area contributed by atoms with Crippen LogP contribution in [-0.2, 0) is 9.59 Å². The number of amides is 2. The fourth-order valence-electron chi connectivity index (χ4n) is 1.48. The summed E-state index contributed by atoms with van der Waals surface area (Å²) in [6, 6.07) is 2.81. The van der Waals surface area contributed by atoms with E-state index in [2.05, 4.69) is 10.6 Å². The van der Waals surface area contributed by atoms with Crippen molar-refractivity contribution in [2.75, 3.05) is 0 Å². The normalized spacial score (nSPS) is 12.9. The third-order valence-corrected chi connectivity index (χ3v) is 2.81. The first-order chi connectivity index (χ1) is 9.49. The van der Waals surface area contributed by atoms with E-state index in [0.29, 0.717) is 12.8 Å². The van der Waals surface area contributed by atoms with E-state index >= 15 is 0 Å². The SMILES string of the molecule is CC[C@H](CC#N)NC(=O)C(F)C(=O)N[C@H](CC)CC#N. The van der Waals surface area contributed by atoms with Gasteiger partial charge in [0.1, 0.15) is 0 Å². The topological polar surface area (TPSA) is 106 Å². The number of nitrogens with one attached hydrogen (secondary N) is 2. The lowest BCUT2D eigenvalue weighted by Crippen LogP contribution is -2.48. The summed E-state index contributed by atoms with van der Waals surface area (Å²) in [5.41, 5.74) is 0. The summed E-state index contributed by atoms with van der Waals surface area (Å²) < 4.78 is 13.7. The quantitative estimate of drug-likeness (QED) is 0.646. The smallest absolute Gasteiger partial charge is 0.264 e. The molecule has 0 aromatic carbocycles. The van der Waals surface area contributed by atoms with E-state index in [1.807, 2.05) is 12.1 Å². The maximum absolute atomic E-state index is 13.7. The Hall–Kier alpha value is -2.15. The first-order valence-corrected chi connectivity index (χ1v) is 6.48. The molecule has 0 aromatic heterocycles. The molecule has 0 aliphatic carbocycles. The van der Waals surface area contributed by atoms with Gasteiger partial charge < -0.3 is 10.6 Å². The molecule has 0 spiro atoms.